The summed E-state index contributed by atoms with van der Waals surface area (Å²) in [6.07, 6.45) is 0. The number of rotatable bonds is 1. The number of para-hydroxylation sites is 3. The molecule has 3 aromatic carbocycles. The summed E-state index contributed by atoms with van der Waals surface area (Å²) in [4.78, 5) is 13.4. The third kappa shape index (κ3) is 2.99. The molecule has 0 amide bonds. The molecule has 0 aromatic heterocycles. The van der Waals surface area contributed by atoms with Crippen LogP contribution in [0.3, 0.4) is 0 Å². The highest BCUT2D eigenvalue weighted by molar-refractivity contribution is 7.99. The van der Waals surface area contributed by atoms with E-state index < -0.39 is 0 Å². The van der Waals surface area contributed by atoms with Crippen LogP contribution in [0.25, 0.3) is 20.8 Å². The first-order valence-corrected chi connectivity index (χ1v) is 11.0. The maximum atomic E-state index is 5.01. The lowest BCUT2D eigenvalue weighted by Gasteiger charge is -2.21. The van der Waals surface area contributed by atoms with E-state index in [0.29, 0.717) is 0 Å². The Labute approximate surface area is 176 Å². The van der Waals surface area contributed by atoms with E-state index in [1.807, 2.05) is 36.4 Å². The van der Waals surface area contributed by atoms with Gasteiger partial charge in [-0.25, -0.2) is 9.98 Å². The van der Waals surface area contributed by atoms with E-state index >= 15 is 0 Å². The minimum absolute atomic E-state index is 0.903. The fourth-order valence-corrected chi connectivity index (χ4v) is 5.52. The van der Waals surface area contributed by atoms with Crippen molar-refractivity contribution in [2.75, 3.05) is 5.32 Å². The van der Waals surface area contributed by atoms with E-state index in [1.54, 1.807) is 23.1 Å². The van der Waals surface area contributed by atoms with Crippen molar-refractivity contribution in [1.29, 1.82) is 0 Å². The predicted octanol–water partition coefficient (Wildman–Crippen LogP) is 6.84. The predicted molar refractivity (Wildman–Crippen MR) is 122 cm³/mol. The summed E-state index contributed by atoms with van der Waals surface area (Å²) in [6, 6.07) is 29.0. The Hall–Kier alpha value is -3.15. The molecule has 138 valence electrons. The third-order valence-electron chi connectivity index (χ3n) is 4.87. The Morgan fingerprint density at radius 2 is 1.62 bits per heavy atom. The first kappa shape index (κ1) is 16.8. The van der Waals surface area contributed by atoms with E-state index in [-0.39, 0.29) is 0 Å². The standard InChI is InChI=1S/C24H15N3S2/c1-2-7-15(8-3-1)25-17-10-6-12-21-24(17)27-19-14-22-18(13-23(19)29-21)26-16-9-4-5-11-20(16)28-22/h1-14,26H. The molecule has 5 heteroatoms. The van der Waals surface area contributed by atoms with E-state index in [0.717, 1.165) is 38.5 Å². The normalized spacial score (nSPS) is 13.2. The Bertz CT molecular complexity index is 1410. The maximum Gasteiger partial charge on any atom is 0.107 e. The molecule has 1 aliphatic carbocycles. The fourth-order valence-electron chi connectivity index (χ4n) is 3.50. The molecule has 0 radical (unpaired) electrons. The van der Waals surface area contributed by atoms with Gasteiger partial charge in [0.25, 0.3) is 0 Å². The van der Waals surface area contributed by atoms with E-state index in [2.05, 4.69) is 53.8 Å². The van der Waals surface area contributed by atoms with Crippen molar-refractivity contribution < 1.29 is 0 Å². The van der Waals surface area contributed by atoms with Crippen molar-refractivity contribution in [2.24, 2.45) is 4.99 Å². The Morgan fingerprint density at radius 1 is 0.759 bits per heavy atom. The second-order valence-corrected chi connectivity index (χ2v) is 8.99. The molecule has 29 heavy (non-hydrogen) atoms. The quantitative estimate of drug-likeness (QED) is 0.302. The topological polar surface area (TPSA) is 37.3 Å². The molecule has 0 fully saturated rings. The molecule has 2 heterocycles. The van der Waals surface area contributed by atoms with E-state index in [9.17, 15) is 0 Å². The number of nitrogens with zero attached hydrogens (tertiary/aromatic N) is 2. The fraction of sp³-hybridized carbons (Fsp3) is 0. The molecule has 3 nitrogen and oxygen atoms in total. The average molecular weight is 410 g/mol. The van der Waals surface area contributed by atoms with Crippen molar-refractivity contribution in [1.82, 2.24) is 4.98 Å². The zero-order chi connectivity index (χ0) is 19.2. The minimum Gasteiger partial charge on any atom is -0.354 e. The molecule has 0 saturated heterocycles. The summed E-state index contributed by atoms with van der Waals surface area (Å²) >= 11 is 3.55. The molecule has 1 N–H and O–H groups in total. The lowest BCUT2D eigenvalue weighted by atomic mass is 10.2. The molecule has 3 aliphatic rings. The number of nitrogens with one attached hydrogen (secondary N) is 1. The summed E-state index contributed by atoms with van der Waals surface area (Å²) in [5, 5.41) is 4.47. The molecule has 0 atom stereocenters. The summed E-state index contributed by atoms with van der Waals surface area (Å²) < 4.78 is 1.17. The smallest absolute Gasteiger partial charge is 0.107 e. The second kappa shape index (κ2) is 6.72. The van der Waals surface area contributed by atoms with Crippen LogP contribution in [0.1, 0.15) is 0 Å². The second-order valence-electron chi connectivity index (χ2n) is 6.82. The number of fused-ring (bicyclic) bond motifs is 4. The molecule has 0 saturated carbocycles. The van der Waals surface area contributed by atoms with Crippen LogP contribution in [0.5, 0.6) is 0 Å². The van der Waals surface area contributed by atoms with Crippen LogP contribution >= 0.6 is 23.1 Å². The highest BCUT2D eigenvalue weighted by Crippen LogP contribution is 2.46. The van der Waals surface area contributed by atoms with Gasteiger partial charge in [0, 0.05) is 9.79 Å². The Balaban J connectivity index is 1.55. The van der Waals surface area contributed by atoms with Crippen molar-refractivity contribution in [2.45, 2.75) is 9.79 Å². The molecular weight excluding hydrogens is 394 g/mol. The van der Waals surface area contributed by atoms with Gasteiger partial charge >= 0.3 is 0 Å². The van der Waals surface area contributed by atoms with Gasteiger partial charge in [0.1, 0.15) is 5.69 Å². The molecule has 0 bridgehead atoms. The van der Waals surface area contributed by atoms with E-state index in [4.69, 9.17) is 9.98 Å². The molecular formula is C24H15N3S2. The van der Waals surface area contributed by atoms with Gasteiger partial charge < -0.3 is 5.32 Å². The summed E-state index contributed by atoms with van der Waals surface area (Å²) in [7, 11) is 0. The first-order chi connectivity index (χ1) is 14.3. The molecule has 3 aromatic rings. The average Bonchev–Trinajstić information content (AvgIpc) is 2.76. The van der Waals surface area contributed by atoms with Crippen LogP contribution < -0.4 is 10.7 Å². The van der Waals surface area contributed by atoms with Gasteiger partial charge in [-0.05, 0) is 48.5 Å². The zero-order valence-corrected chi connectivity index (χ0v) is 16.9. The number of anilines is 2. The van der Waals surface area contributed by atoms with Gasteiger partial charge in [0.2, 0.25) is 0 Å². The summed E-state index contributed by atoms with van der Waals surface area (Å²) in [5.74, 6) is 0. The number of hydrogen-bond acceptors (Lipinski definition) is 5. The number of benzene rings is 4. The lowest BCUT2D eigenvalue weighted by molar-refractivity contribution is 1.27. The van der Waals surface area contributed by atoms with Gasteiger partial charge in [-0.3, -0.25) is 0 Å². The molecule has 2 aliphatic heterocycles. The highest BCUT2D eigenvalue weighted by Gasteiger charge is 2.18. The van der Waals surface area contributed by atoms with Crippen LogP contribution in [0, 0.1) is 0 Å². The van der Waals surface area contributed by atoms with Crippen molar-refractivity contribution in [3.05, 3.63) is 90.3 Å². The van der Waals surface area contributed by atoms with Crippen molar-refractivity contribution in [3.63, 3.8) is 0 Å². The minimum atomic E-state index is 0.903. The number of aromatic nitrogens is 1. The summed E-state index contributed by atoms with van der Waals surface area (Å²) in [6.45, 7) is 0. The van der Waals surface area contributed by atoms with Crippen LogP contribution in [-0.4, -0.2) is 4.98 Å². The van der Waals surface area contributed by atoms with Gasteiger partial charge in [-0.15, -0.1) is 11.3 Å². The zero-order valence-electron chi connectivity index (χ0n) is 15.3. The van der Waals surface area contributed by atoms with Crippen molar-refractivity contribution in [3.8, 4) is 10.6 Å². The lowest BCUT2D eigenvalue weighted by Crippen LogP contribution is -2.07. The Morgan fingerprint density at radius 3 is 2.55 bits per heavy atom. The molecule has 0 spiro atoms. The largest absolute Gasteiger partial charge is 0.354 e. The molecule has 6 rings (SSSR count). The SMILES string of the molecule is c1ccc(N=c2cccc3sc4cc5c(cc4nc2-3)Sc2ccccc2N5)cc1. The first-order valence-electron chi connectivity index (χ1n) is 9.35. The number of hydrogen-bond donors (Lipinski definition) is 1. The monoisotopic (exact) mass is 409 g/mol. The maximum absolute atomic E-state index is 5.01. The highest BCUT2D eigenvalue weighted by atomic mass is 32.2. The van der Waals surface area contributed by atoms with Gasteiger partial charge in [0.05, 0.1) is 37.5 Å². The van der Waals surface area contributed by atoms with E-state index in [1.165, 1.54) is 14.5 Å². The van der Waals surface area contributed by atoms with Gasteiger partial charge in [0.15, 0.2) is 0 Å². The third-order valence-corrected chi connectivity index (χ3v) is 7.10. The Kier molecular flexibility index (Phi) is 3.89. The van der Waals surface area contributed by atoms with Crippen LogP contribution in [-0.2, 0) is 0 Å². The summed E-state index contributed by atoms with van der Waals surface area (Å²) in [5.41, 5.74) is 5.19. The molecule has 0 unspecified atom stereocenters. The van der Waals surface area contributed by atoms with Crippen LogP contribution in [0.4, 0.5) is 17.1 Å². The van der Waals surface area contributed by atoms with Gasteiger partial charge in [-0.1, -0.05) is 48.2 Å². The van der Waals surface area contributed by atoms with Gasteiger partial charge in [-0.2, -0.15) is 0 Å². The van der Waals surface area contributed by atoms with Crippen LogP contribution in [0.15, 0.2) is 99.7 Å². The van der Waals surface area contributed by atoms with Crippen molar-refractivity contribution >= 4 is 50.4 Å². The van der Waals surface area contributed by atoms with Crippen LogP contribution in [0.2, 0.25) is 0 Å².